The van der Waals surface area contributed by atoms with Gasteiger partial charge in [-0.3, -0.25) is 0 Å². The van der Waals surface area contributed by atoms with Crippen molar-refractivity contribution in [2.45, 2.75) is 33.4 Å². The van der Waals surface area contributed by atoms with Crippen LogP contribution in [0.1, 0.15) is 22.4 Å². The normalized spacial score (nSPS) is 14.1. The number of rotatable bonds is 4. The van der Waals surface area contributed by atoms with Gasteiger partial charge in [0.15, 0.2) is 11.6 Å². The molecule has 3 aromatic rings. The summed E-state index contributed by atoms with van der Waals surface area (Å²) in [5.41, 5.74) is 5.65. The van der Waals surface area contributed by atoms with Crippen molar-refractivity contribution in [2.24, 2.45) is 0 Å². The second kappa shape index (κ2) is 6.72. The zero-order chi connectivity index (χ0) is 18.3. The Hall–Kier alpha value is -2.40. The number of anilines is 1. The predicted molar refractivity (Wildman–Crippen MR) is 102 cm³/mol. The number of halogens is 1. The minimum atomic E-state index is -0.252. The quantitative estimate of drug-likeness (QED) is 0.710. The van der Waals surface area contributed by atoms with Crippen LogP contribution in [0.15, 0.2) is 30.5 Å². The lowest BCUT2D eigenvalue weighted by molar-refractivity contribution is 0.188. The third-order valence-electron chi connectivity index (χ3n) is 5.53. The Morgan fingerprint density at radius 1 is 1.19 bits per heavy atom. The van der Waals surface area contributed by atoms with Gasteiger partial charge in [-0.25, -0.2) is 9.37 Å². The van der Waals surface area contributed by atoms with Gasteiger partial charge in [0.1, 0.15) is 0 Å². The van der Waals surface area contributed by atoms with Crippen LogP contribution in [0.25, 0.3) is 10.9 Å². The number of aromatic nitrogens is 2. The molecular formula is C21H24FN3O. The summed E-state index contributed by atoms with van der Waals surface area (Å²) in [7, 11) is 1.69. The number of aryl methyl sites for hydroxylation is 1. The molecule has 1 aliphatic heterocycles. The predicted octanol–water partition coefficient (Wildman–Crippen LogP) is 4.00. The molecule has 0 fully saturated rings. The summed E-state index contributed by atoms with van der Waals surface area (Å²) in [6, 6.07) is 8.52. The van der Waals surface area contributed by atoms with E-state index in [2.05, 4.69) is 38.7 Å². The molecule has 0 aliphatic carbocycles. The molecule has 0 unspecified atom stereocenters. The van der Waals surface area contributed by atoms with Crippen molar-refractivity contribution in [3.63, 3.8) is 0 Å². The Labute approximate surface area is 153 Å². The first-order chi connectivity index (χ1) is 12.6. The molecule has 2 aromatic heterocycles. The third kappa shape index (κ3) is 2.67. The molecule has 1 aliphatic rings. The summed E-state index contributed by atoms with van der Waals surface area (Å²) in [5.74, 6) is 0.612. The van der Waals surface area contributed by atoms with Crippen LogP contribution >= 0.6 is 0 Å². The molecule has 4 nitrogen and oxygen atoms in total. The molecule has 0 bridgehead atoms. The van der Waals surface area contributed by atoms with Crippen LogP contribution in [0.4, 0.5) is 10.2 Å². The summed E-state index contributed by atoms with van der Waals surface area (Å²) < 4.78 is 22.0. The van der Waals surface area contributed by atoms with Gasteiger partial charge >= 0.3 is 0 Å². The molecule has 0 N–H and O–H groups in total. The minimum absolute atomic E-state index is 0.252. The van der Waals surface area contributed by atoms with Gasteiger partial charge in [0.2, 0.25) is 0 Å². The van der Waals surface area contributed by atoms with E-state index in [1.54, 1.807) is 7.11 Å². The van der Waals surface area contributed by atoms with Crippen LogP contribution in [0.2, 0.25) is 0 Å². The standard InChI is InChI=1S/C21H24FN3O/c1-14-15(2)25(10-11-26-3)20-19(14)18(22)12-23-21(20)24-9-8-16-6-4-5-7-17(16)13-24/h4-7,12H,8-11,13H2,1-3H3. The van der Waals surface area contributed by atoms with Crippen molar-refractivity contribution in [1.29, 1.82) is 0 Å². The number of hydrogen-bond donors (Lipinski definition) is 0. The molecule has 0 atom stereocenters. The molecule has 26 heavy (non-hydrogen) atoms. The Kier molecular flexibility index (Phi) is 4.41. The van der Waals surface area contributed by atoms with E-state index in [0.717, 1.165) is 42.1 Å². The second-order valence-corrected chi connectivity index (χ2v) is 6.95. The molecule has 136 valence electrons. The van der Waals surface area contributed by atoms with E-state index in [1.165, 1.54) is 17.3 Å². The van der Waals surface area contributed by atoms with Gasteiger partial charge in [0.05, 0.1) is 18.3 Å². The van der Waals surface area contributed by atoms with Crippen molar-refractivity contribution in [3.05, 3.63) is 58.7 Å². The summed E-state index contributed by atoms with van der Waals surface area (Å²) in [5, 5.41) is 0.683. The number of ether oxygens (including phenoxy) is 1. The molecule has 3 heterocycles. The maximum Gasteiger partial charge on any atom is 0.153 e. The van der Waals surface area contributed by atoms with E-state index < -0.39 is 0 Å². The molecule has 0 saturated heterocycles. The average Bonchev–Trinajstić information content (AvgIpc) is 2.92. The van der Waals surface area contributed by atoms with Crippen molar-refractivity contribution in [1.82, 2.24) is 9.55 Å². The highest BCUT2D eigenvalue weighted by atomic mass is 19.1. The largest absolute Gasteiger partial charge is 0.383 e. The fraction of sp³-hybridized carbons (Fsp3) is 0.381. The maximum atomic E-state index is 14.6. The summed E-state index contributed by atoms with van der Waals surface area (Å²) >= 11 is 0. The molecule has 4 rings (SSSR count). The fourth-order valence-corrected chi connectivity index (χ4v) is 4.00. The number of hydrogen-bond acceptors (Lipinski definition) is 3. The van der Waals surface area contributed by atoms with Gasteiger partial charge in [0.25, 0.3) is 0 Å². The topological polar surface area (TPSA) is 30.3 Å². The first kappa shape index (κ1) is 17.0. The Morgan fingerprint density at radius 2 is 1.96 bits per heavy atom. The zero-order valence-electron chi connectivity index (χ0n) is 15.6. The van der Waals surface area contributed by atoms with Crippen molar-refractivity contribution in [2.75, 3.05) is 25.2 Å². The highest BCUT2D eigenvalue weighted by Crippen LogP contribution is 2.35. The van der Waals surface area contributed by atoms with Crippen LogP contribution in [0.3, 0.4) is 0 Å². The number of pyridine rings is 1. The maximum absolute atomic E-state index is 14.6. The smallest absolute Gasteiger partial charge is 0.153 e. The first-order valence-corrected chi connectivity index (χ1v) is 9.06. The van der Waals surface area contributed by atoms with E-state index >= 15 is 0 Å². The van der Waals surface area contributed by atoms with Crippen LogP contribution in [-0.2, 0) is 24.2 Å². The Morgan fingerprint density at radius 3 is 2.73 bits per heavy atom. The lowest BCUT2D eigenvalue weighted by Crippen LogP contribution is -2.31. The van der Waals surface area contributed by atoms with E-state index in [-0.39, 0.29) is 5.82 Å². The van der Waals surface area contributed by atoms with E-state index in [1.807, 2.05) is 13.8 Å². The van der Waals surface area contributed by atoms with Crippen LogP contribution in [-0.4, -0.2) is 29.8 Å². The molecule has 1 aromatic carbocycles. The van der Waals surface area contributed by atoms with Gasteiger partial charge in [-0.05, 0) is 37.0 Å². The molecule has 0 amide bonds. The monoisotopic (exact) mass is 353 g/mol. The van der Waals surface area contributed by atoms with Gasteiger partial charge < -0.3 is 14.2 Å². The van der Waals surface area contributed by atoms with Crippen LogP contribution in [0.5, 0.6) is 0 Å². The average molecular weight is 353 g/mol. The van der Waals surface area contributed by atoms with Gasteiger partial charge in [0, 0.05) is 37.8 Å². The molecule has 5 heteroatoms. The van der Waals surface area contributed by atoms with E-state index in [4.69, 9.17) is 4.74 Å². The third-order valence-corrected chi connectivity index (χ3v) is 5.53. The lowest BCUT2D eigenvalue weighted by Gasteiger charge is -2.30. The zero-order valence-corrected chi connectivity index (χ0v) is 15.6. The first-order valence-electron chi connectivity index (χ1n) is 9.06. The van der Waals surface area contributed by atoms with Gasteiger partial charge in [-0.2, -0.15) is 0 Å². The number of fused-ring (bicyclic) bond motifs is 2. The second-order valence-electron chi connectivity index (χ2n) is 6.95. The highest BCUT2D eigenvalue weighted by molar-refractivity contribution is 5.94. The molecule has 0 radical (unpaired) electrons. The minimum Gasteiger partial charge on any atom is -0.383 e. The van der Waals surface area contributed by atoms with Crippen molar-refractivity contribution >= 4 is 16.7 Å². The highest BCUT2D eigenvalue weighted by Gasteiger charge is 2.24. The number of methoxy groups -OCH3 is 1. The number of nitrogens with zero attached hydrogens (tertiary/aromatic N) is 3. The van der Waals surface area contributed by atoms with E-state index in [9.17, 15) is 4.39 Å². The Bertz CT molecular complexity index is 964. The van der Waals surface area contributed by atoms with E-state index in [0.29, 0.717) is 18.5 Å². The Balaban J connectivity index is 1.85. The molecule has 0 saturated carbocycles. The summed E-state index contributed by atoms with van der Waals surface area (Å²) in [6.07, 6.45) is 2.35. The molecule has 0 spiro atoms. The van der Waals surface area contributed by atoms with Crippen molar-refractivity contribution in [3.8, 4) is 0 Å². The van der Waals surface area contributed by atoms with Crippen LogP contribution < -0.4 is 4.90 Å². The lowest BCUT2D eigenvalue weighted by atomic mass is 10.00. The summed E-state index contributed by atoms with van der Waals surface area (Å²) in [6.45, 7) is 6.99. The number of benzene rings is 1. The van der Waals surface area contributed by atoms with Gasteiger partial charge in [-0.15, -0.1) is 0 Å². The van der Waals surface area contributed by atoms with Crippen molar-refractivity contribution < 1.29 is 9.13 Å². The SMILES string of the molecule is COCCn1c(C)c(C)c2c(F)cnc(N3CCc4ccccc4C3)c21. The fourth-order valence-electron chi connectivity index (χ4n) is 4.00. The van der Waals surface area contributed by atoms with Crippen LogP contribution in [0, 0.1) is 19.7 Å². The summed E-state index contributed by atoms with van der Waals surface area (Å²) in [4.78, 5) is 6.79. The molecular weight excluding hydrogens is 329 g/mol. The van der Waals surface area contributed by atoms with Gasteiger partial charge in [-0.1, -0.05) is 24.3 Å².